The lowest BCUT2D eigenvalue weighted by molar-refractivity contribution is -0.115. The van der Waals surface area contributed by atoms with Crippen molar-refractivity contribution in [1.82, 2.24) is 15.6 Å². The third kappa shape index (κ3) is 9.03. The molecule has 1 heterocycles. The van der Waals surface area contributed by atoms with Crippen LogP contribution in [-0.4, -0.2) is 36.6 Å². The van der Waals surface area contributed by atoms with Gasteiger partial charge in [0.25, 0.3) is 0 Å². The number of aromatic nitrogens is 1. The van der Waals surface area contributed by atoms with E-state index in [1.54, 1.807) is 36.7 Å². The van der Waals surface area contributed by atoms with Crippen LogP contribution in [0.4, 0.5) is 14.5 Å². The van der Waals surface area contributed by atoms with Gasteiger partial charge in [-0.2, -0.15) is 8.78 Å². The minimum Gasteiger partial charge on any atom is -0.434 e. The molecule has 0 unspecified atom stereocenters. The van der Waals surface area contributed by atoms with Gasteiger partial charge in [0.15, 0.2) is 5.96 Å². The number of nitrogens with one attached hydrogen (secondary N) is 3. The second kappa shape index (κ2) is 12.9. The standard InChI is InChI=1S/C19H23F2N5O2.HI/c1-3-23-19(25-12-17(27)26-15-5-4-8-22-11-15)24-10-14-9-13(2)6-7-16(14)28-18(20)21;/h4-9,11,18H,3,10,12H2,1-2H3,(H,26,27)(H2,23,24,25);1H. The molecule has 0 atom stereocenters. The first-order valence-electron chi connectivity index (χ1n) is 8.74. The summed E-state index contributed by atoms with van der Waals surface area (Å²) in [4.78, 5) is 20.3. The predicted octanol–water partition coefficient (Wildman–Crippen LogP) is 3.30. The highest BCUT2D eigenvalue weighted by molar-refractivity contribution is 14.0. The van der Waals surface area contributed by atoms with E-state index in [0.29, 0.717) is 23.8 Å². The fraction of sp³-hybridized carbons (Fsp3) is 0.316. The molecule has 1 amide bonds. The molecule has 0 aliphatic heterocycles. The van der Waals surface area contributed by atoms with Crippen molar-refractivity contribution in [3.8, 4) is 5.75 Å². The number of anilines is 1. The number of alkyl halides is 2. The molecular weight excluding hydrogens is 495 g/mol. The highest BCUT2D eigenvalue weighted by Crippen LogP contribution is 2.22. The third-order valence-corrected chi connectivity index (χ3v) is 3.55. The maximum Gasteiger partial charge on any atom is 0.387 e. The van der Waals surface area contributed by atoms with Crippen LogP contribution in [0.2, 0.25) is 0 Å². The summed E-state index contributed by atoms with van der Waals surface area (Å²) >= 11 is 0. The van der Waals surface area contributed by atoms with Gasteiger partial charge in [0.2, 0.25) is 5.91 Å². The molecule has 0 saturated heterocycles. The first-order chi connectivity index (χ1) is 13.5. The van der Waals surface area contributed by atoms with E-state index in [0.717, 1.165) is 5.56 Å². The number of hydrogen-bond acceptors (Lipinski definition) is 4. The molecular formula is C19H24F2IN5O2. The molecule has 1 aromatic carbocycles. The Bertz CT molecular complexity index is 806. The second-order valence-electron chi connectivity index (χ2n) is 5.83. The minimum atomic E-state index is -2.91. The monoisotopic (exact) mass is 519 g/mol. The van der Waals surface area contributed by atoms with Crippen molar-refractivity contribution in [3.05, 3.63) is 53.9 Å². The van der Waals surface area contributed by atoms with Crippen LogP contribution in [0.5, 0.6) is 5.75 Å². The number of aliphatic imine (C=N–C) groups is 1. The van der Waals surface area contributed by atoms with Crippen LogP contribution in [0.3, 0.4) is 0 Å². The molecule has 158 valence electrons. The number of hydrogen-bond donors (Lipinski definition) is 3. The lowest BCUT2D eigenvalue weighted by Gasteiger charge is -2.13. The van der Waals surface area contributed by atoms with Crippen molar-refractivity contribution in [1.29, 1.82) is 0 Å². The van der Waals surface area contributed by atoms with Crippen LogP contribution in [0, 0.1) is 6.92 Å². The van der Waals surface area contributed by atoms with Crippen molar-refractivity contribution >= 4 is 41.5 Å². The molecule has 0 saturated carbocycles. The Morgan fingerprint density at radius 2 is 2.07 bits per heavy atom. The fourth-order valence-corrected chi connectivity index (χ4v) is 2.35. The zero-order valence-corrected chi connectivity index (χ0v) is 18.4. The maximum atomic E-state index is 12.6. The average Bonchev–Trinajstić information content (AvgIpc) is 2.66. The van der Waals surface area contributed by atoms with Crippen molar-refractivity contribution in [2.75, 3.05) is 18.4 Å². The highest BCUT2D eigenvalue weighted by Gasteiger charge is 2.10. The van der Waals surface area contributed by atoms with Crippen LogP contribution < -0.4 is 20.7 Å². The topological polar surface area (TPSA) is 87.6 Å². The van der Waals surface area contributed by atoms with Gasteiger partial charge in [-0.25, -0.2) is 4.99 Å². The van der Waals surface area contributed by atoms with E-state index in [1.165, 1.54) is 6.07 Å². The molecule has 0 radical (unpaired) electrons. The van der Waals surface area contributed by atoms with Gasteiger partial charge < -0.3 is 20.7 Å². The van der Waals surface area contributed by atoms with Gasteiger partial charge >= 0.3 is 6.61 Å². The summed E-state index contributed by atoms with van der Waals surface area (Å²) in [6.07, 6.45) is 3.15. The van der Waals surface area contributed by atoms with Gasteiger partial charge in [-0.15, -0.1) is 24.0 Å². The molecule has 0 bridgehead atoms. The summed E-state index contributed by atoms with van der Waals surface area (Å²) in [5.74, 6) is 0.193. The normalized spacial score (nSPS) is 10.9. The van der Waals surface area contributed by atoms with Gasteiger partial charge in [-0.3, -0.25) is 9.78 Å². The van der Waals surface area contributed by atoms with Gasteiger partial charge in [-0.05, 0) is 32.0 Å². The number of aryl methyl sites for hydroxylation is 1. The number of carbonyl (C=O) groups excluding carboxylic acids is 1. The quantitative estimate of drug-likeness (QED) is 0.283. The van der Waals surface area contributed by atoms with Crippen LogP contribution in [0.25, 0.3) is 0 Å². The number of rotatable bonds is 8. The molecule has 2 aromatic rings. The molecule has 29 heavy (non-hydrogen) atoms. The largest absolute Gasteiger partial charge is 0.434 e. The van der Waals surface area contributed by atoms with E-state index in [4.69, 9.17) is 0 Å². The zero-order valence-electron chi connectivity index (χ0n) is 16.1. The number of pyridine rings is 1. The smallest absolute Gasteiger partial charge is 0.387 e. The van der Waals surface area contributed by atoms with Crippen LogP contribution in [0.1, 0.15) is 18.1 Å². The Labute approximate surface area is 185 Å². The minimum absolute atomic E-state index is 0. The molecule has 0 fully saturated rings. The Morgan fingerprint density at radius 3 is 2.72 bits per heavy atom. The summed E-state index contributed by atoms with van der Waals surface area (Å²) < 4.78 is 29.7. The fourth-order valence-electron chi connectivity index (χ4n) is 2.35. The van der Waals surface area contributed by atoms with E-state index < -0.39 is 6.61 Å². The first kappa shape index (κ1) is 24.5. The molecule has 0 aliphatic rings. The number of halogens is 3. The SMILES string of the molecule is CCNC(=NCc1cc(C)ccc1OC(F)F)NCC(=O)Nc1cccnc1.I. The lowest BCUT2D eigenvalue weighted by atomic mass is 10.1. The Morgan fingerprint density at radius 1 is 1.28 bits per heavy atom. The Balaban J connectivity index is 0.00000420. The number of nitrogens with zero attached hydrogens (tertiary/aromatic N) is 2. The maximum absolute atomic E-state index is 12.6. The first-order valence-corrected chi connectivity index (χ1v) is 8.74. The second-order valence-corrected chi connectivity index (χ2v) is 5.83. The van der Waals surface area contributed by atoms with Gasteiger partial charge in [-0.1, -0.05) is 17.7 Å². The van der Waals surface area contributed by atoms with Crippen LogP contribution >= 0.6 is 24.0 Å². The molecule has 3 N–H and O–H groups in total. The van der Waals surface area contributed by atoms with Gasteiger partial charge in [0.05, 0.1) is 25.0 Å². The van der Waals surface area contributed by atoms with Gasteiger partial charge in [0.1, 0.15) is 5.75 Å². The lowest BCUT2D eigenvalue weighted by Crippen LogP contribution is -2.41. The average molecular weight is 519 g/mol. The van der Waals surface area contributed by atoms with E-state index in [1.807, 2.05) is 13.8 Å². The zero-order chi connectivity index (χ0) is 20.4. The van der Waals surface area contributed by atoms with Crippen molar-refractivity contribution in [3.63, 3.8) is 0 Å². The van der Waals surface area contributed by atoms with Crippen molar-refractivity contribution < 1.29 is 18.3 Å². The Hall–Kier alpha value is -2.50. The van der Waals surface area contributed by atoms with Crippen molar-refractivity contribution in [2.24, 2.45) is 4.99 Å². The highest BCUT2D eigenvalue weighted by atomic mass is 127. The van der Waals surface area contributed by atoms with Gasteiger partial charge in [0, 0.05) is 18.3 Å². The summed E-state index contributed by atoms with van der Waals surface area (Å²) in [5, 5.41) is 8.61. The van der Waals surface area contributed by atoms with E-state index in [2.05, 4.69) is 30.7 Å². The summed E-state index contributed by atoms with van der Waals surface area (Å²) in [5.41, 5.74) is 2.02. The predicted molar refractivity (Wildman–Crippen MR) is 119 cm³/mol. The Kier molecular flexibility index (Phi) is 10.9. The van der Waals surface area contributed by atoms with Crippen LogP contribution in [-0.2, 0) is 11.3 Å². The molecule has 1 aromatic heterocycles. The van der Waals surface area contributed by atoms with E-state index >= 15 is 0 Å². The van der Waals surface area contributed by atoms with E-state index in [-0.39, 0.29) is 48.7 Å². The van der Waals surface area contributed by atoms with Crippen molar-refractivity contribution in [2.45, 2.75) is 27.0 Å². The number of guanidine groups is 1. The number of benzene rings is 1. The van der Waals surface area contributed by atoms with Crippen LogP contribution in [0.15, 0.2) is 47.7 Å². The molecule has 0 aliphatic carbocycles. The number of ether oxygens (including phenoxy) is 1. The summed E-state index contributed by atoms with van der Waals surface area (Å²) in [6, 6.07) is 8.37. The van der Waals surface area contributed by atoms with E-state index in [9.17, 15) is 13.6 Å². The number of carbonyl (C=O) groups is 1. The molecule has 10 heteroatoms. The molecule has 7 nitrogen and oxygen atoms in total. The summed E-state index contributed by atoms with van der Waals surface area (Å²) in [7, 11) is 0. The number of amides is 1. The summed E-state index contributed by atoms with van der Waals surface area (Å²) in [6.45, 7) is 1.49. The third-order valence-electron chi connectivity index (χ3n) is 3.55. The molecule has 2 rings (SSSR count). The molecule has 0 spiro atoms.